The molecular formula is C9H18BrN3O3. The van der Waals surface area contributed by atoms with Gasteiger partial charge in [0.25, 0.3) is 0 Å². The highest BCUT2D eigenvalue weighted by molar-refractivity contribution is 9.10. The Morgan fingerprint density at radius 3 is 2.50 bits per heavy atom. The van der Waals surface area contributed by atoms with Crippen LogP contribution in [0.25, 0.3) is 0 Å². The second-order valence-electron chi connectivity index (χ2n) is 3.32. The molecular weight excluding hydrogens is 278 g/mol. The first-order valence-electron chi connectivity index (χ1n) is 4.86. The largest absolute Gasteiger partial charge is 0.468 e. The first-order valence-corrected chi connectivity index (χ1v) is 5.78. The van der Waals surface area contributed by atoms with Crippen molar-refractivity contribution in [3.05, 3.63) is 0 Å². The van der Waals surface area contributed by atoms with Crippen LogP contribution in [-0.4, -0.2) is 62.6 Å². The fraction of sp³-hybridized carbons (Fsp3) is 0.778. The van der Waals surface area contributed by atoms with E-state index in [0.717, 1.165) is 0 Å². The molecule has 16 heavy (non-hydrogen) atoms. The molecule has 0 saturated heterocycles. The Morgan fingerprint density at radius 1 is 1.38 bits per heavy atom. The van der Waals surface area contributed by atoms with Gasteiger partial charge in [0.1, 0.15) is 4.83 Å². The molecule has 0 rings (SSSR count). The number of nitrogens with zero attached hydrogens (tertiary/aromatic N) is 1. The Hall–Kier alpha value is -0.820. The van der Waals surface area contributed by atoms with Crippen LogP contribution in [0.1, 0.15) is 0 Å². The molecule has 0 bridgehead atoms. The molecule has 0 fully saturated rings. The van der Waals surface area contributed by atoms with Crippen molar-refractivity contribution in [2.24, 2.45) is 0 Å². The number of halogens is 1. The van der Waals surface area contributed by atoms with E-state index in [1.165, 1.54) is 12.0 Å². The zero-order valence-corrected chi connectivity index (χ0v) is 11.3. The third-order valence-electron chi connectivity index (χ3n) is 1.76. The smallest absolute Gasteiger partial charge is 0.320 e. The number of carbonyl (C=O) groups is 2. The summed E-state index contributed by atoms with van der Waals surface area (Å²) in [4.78, 5) is 23.2. The molecule has 0 saturated carbocycles. The van der Waals surface area contributed by atoms with Crippen molar-refractivity contribution in [1.29, 1.82) is 0 Å². The van der Waals surface area contributed by atoms with Crippen LogP contribution in [0.2, 0.25) is 0 Å². The molecule has 0 aliphatic heterocycles. The molecule has 0 heterocycles. The maximum Gasteiger partial charge on any atom is 0.320 e. The lowest BCUT2D eigenvalue weighted by molar-refractivity contribution is -0.139. The minimum absolute atomic E-state index is 0.134. The third kappa shape index (κ3) is 6.62. The van der Waals surface area contributed by atoms with Gasteiger partial charge in [0, 0.05) is 33.7 Å². The molecule has 94 valence electrons. The highest BCUT2D eigenvalue weighted by Gasteiger charge is 2.13. The second kappa shape index (κ2) is 8.35. The fourth-order valence-corrected chi connectivity index (χ4v) is 1.27. The Kier molecular flexibility index (Phi) is 7.92. The van der Waals surface area contributed by atoms with Crippen LogP contribution in [0.15, 0.2) is 0 Å². The summed E-state index contributed by atoms with van der Waals surface area (Å²) in [6, 6.07) is -0.134. The number of ether oxygens (including phenoxy) is 1. The van der Waals surface area contributed by atoms with Crippen molar-refractivity contribution in [3.8, 4) is 0 Å². The predicted molar refractivity (Wildman–Crippen MR) is 64.7 cm³/mol. The summed E-state index contributed by atoms with van der Waals surface area (Å²) >= 11 is 3.18. The van der Waals surface area contributed by atoms with Crippen LogP contribution in [0.5, 0.6) is 0 Å². The van der Waals surface area contributed by atoms with Crippen molar-refractivity contribution in [2.45, 2.75) is 4.83 Å². The molecule has 2 amide bonds. The molecule has 0 aliphatic carbocycles. The monoisotopic (exact) mass is 295 g/mol. The molecule has 0 aromatic rings. The van der Waals surface area contributed by atoms with Gasteiger partial charge in [-0.15, -0.1) is 0 Å². The lowest BCUT2D eigenvalue weighted by atomic mass is 10.4. The number of hydrogen-bond donors (Lipinski definition) is 2. The summed E-state index contributed by atoms with van der Waals surface area (Å²) in [7, 11) is 4.69. The van der Waals surface area contributed by atoms with Crippen LogP contribution in [-0.2, 0) is 9.53 Å². The van der Waals surface area contributed by atoms with Gasteiger partial charge in [0.05, 0.1) is 7.11 Å². The summed E-state index contributed by atoms with van der Waals surface area (Å²) in [5, 5.41) is 5.71. The van der Waals surface area contributed by atoms with Gasteiger partial charge in [-0.3, -0.25) is 4.79 Å². The normalized spacial score (nSPS) is 11.8. The van der Waals surface area contributed by atoms with Crippen molar-refractivity contribution >= 4 is 27.9 Å². The average molecular weight is 296 g/mol. The molecule has 0 aromatic heterocycles. The molecule has 1 atom stereocenters. The lowest BCUT2D eigenvalue weighted by Gasteiger charge is -2.13. The molecule has 0 spiro atoms. The summed E-state index contributed by atoms with van der Waals surface area (Å²) in [5.74, 6) is -0.315. The van der Waals surface area contributed by atoms with E-state index in [2.05, 4.69) is 31.3 Å². The van der Waals surface area contributed by atoms with Gasteiger partial charge >= 0.3 is 12.0 Å². The third-order valence-corrected chi connectivity index (χ3v) is 2.46. The van der Waals surface area contributed by atoms with Gasteiger partial charge in [-0.25, -0.2) is 4.79 Å². The number of carbonyl (C=O) groups excluding carboxylic acids is 2. The van der Waals surface area contributed by atoms with E-state index in [-0.39, 0.29) is 16.8 Å². The molecule has 2 N–H and O–H groups in total. The van der Waals surface area contributed by atoms with Crippen molar-refractivity contribution in [3.63, 3.8) is 0 Å². The van der Waals surface area contributed by atoms with Crippen molar-refractivity contribution in [1.82, 2.24) is 15.5 Å². The van der Waals surface area contributed by atoms with Crippen molar-refractivity contribution in [2.75, 3.05) is 40.8 Å². The molecule has 0 radical (unpaired) electrons. The van der Waals surface area contributed by atoms with E-state index in [4.69, 9.17) is 0 Å². The molecule has 1 unspecified atom stereocenters. The van der Waals surface area contributed by atoms with Crippen LogP contribution in [0.3, 0.4) is 0 Å². The number of nitrogens with one attached hydrogen (secondary N) is 2. The van der Waals surface area contributed by atoms with E-state index < -0.39 is 0 Å². The first kappa shape index (κ1) is 15.2. The minimum Gasteiger partial charge on any atom is -0.468 e. The van der Waals surface area contributed by atoms with Crippen LogP contribution in [0.4, 0.5) is 4.79 Å². The second-order valence-corrected chi connectivity index (χ2v) is 4.43. The predicted octanol–water partition coefficient (Wildman–Crippen LogP) is -0.216. The maximum absolute atomic E-state index is 11.1. The number of amides is 2. The number of alkyl halides is 1. The van der Waals surface area contributed by atoms with Crippen molar-refractivity contribution < 1.29 is 14.3 Å². The molecule has 7 heteroatoms. The van der Waals surface area contributed by atoms with Gasteiger partial charge in [-0.1, -0.05) is 15.9 Å². The quantitative estimate of drug-likeness (QED) is 0.404. The number of hydrogen-bond acceptors (Lipinski definition) is 4. The van der Waals surface area contributed by atoms with E-state index in [1.807, 2.05) is 0 Å². The average Bonchev–Trinajstić information content (AvgIpc) is 2.26. The van der Waals surface area contributed by atoms with E-state index >= 15 is 0 Å². The van der Waals surface area contributed by atoms with E-state index in [1.54, 1.807) is 14.1 Å². The number of rotatable bonds is 6. The fourth-order valence-electron chi connectivity index (χ4n) is 0.856. The topological polar surface area (TPSA) is 70.7 Å². The zero-order chi connectivity index (χ0) is 12.6. The summed E-state index contributed by atoms with van der Waals surface area (Å²) in [5.41, 5.74) is 0. The van der Waals surface area contributed by atoms with Crippen LogP contribution >= 0.6 is 15.9 Å². The SMILES string of the molecule is COC(=O)C(Br)CNCCNC(=O)N(C)C. The number of urea groups is 1. The highest BCUT2D eigenvalue weighted by Crippen LogP contribution is 1.99. The van der Waals surface area contributed by atoms with E-state index in [9.17, 15) is 9.59 Å². The molecule has 0 aromatic carbocycles. The van der Waals surface area contributed by atoms with Gasteiger partial charge < -0.3 is 20.3 Å². The Balaban J connectivity index is 3.47. The van der Waals surface area contributed by atoms with Gasteiger partial charge in [0.15, 0.2) is 0 Å². The lowest BCUT2D eigenvalue weighted by Crippen LogP contribution is -2.40. The zero-order valence-electron chi connectivity index (χ0n) is 9.75. The summed E-state index contributed by atoms with van der Waals surface area (Å²) in [6.07, 6.45) is 0. The van der Waals surface area contributed by atoms with E-state index in [0.29, 0.717) is 19.6 Å². The highest BCUT2D eigenvalue weighted by atomic mass is 79.9. The Labute approximate surface area is 104 Å². The summed E-state index contributed by atoms with van der Waals surface area (Å²) in [6.45, 7) is 1.57. The van der Waals surface area contributed by atoms with Gasteiger partial charge in [-0.2, -0.15) is 0 Å². The molecule has 0 aliphatic rings. The maximum atomic E-state index is 11.1. The Bertz CT molecular complexity index is 236. The standard InChI is InChI=1S/C9H18BrN3O3/c1-13(2)9(15)12-5-4-11-6-7(10)8(14)16-3/h7,11H,4-6H2,1-3H3,(H,12,15). The summed E-state index contributed by atoms with van der Waals surface area (Å²) < 4.78 is 4.54. The first-order chi connectivity index (χ1) is 7.49. The number of methoxy groups -OCH3 is 1. The number of esters is 1. The van der Waals surface area contributed by atoms with Crippen LogP contribution < -0.4 is 10.6 Å². The minimum atomic E-state index is -0.359. The van der Waals surface area contributed by atoms with Gasteiger partial charge in [-0.05, 0) is 0 Å². The molecule has 6 nitrogen and oxygen atoms in total. The van der Waals surface area contributed by atoms with Gasteiger partial charge in [0.2, 0.25) is 0 Å². The van der Waals surface area contributed by atoms with Crippen LogP contribution in [0, 0.1) is 0 Å². The Morgan fingerprint density at radius 2 is 2.00 bits per heavy atom.